The topological polar surface area (TPSA) is 6.48 Å². The van der Waals surface area contributed by atoms with E-state index in [1.807, 2.05) is 0 Å². The molecule has 0 aromatic carbocycles. The van der Waals surface area contributed by atoms with Gasteiger partial charge in [-0.2, -0.15) is 0 Å². The minimum Gasteiger partial charge on any atom is -0.300 e. The molecular weight excluding hydrogens is 208 g/mol. The van der Waals surface area contributed by atoms with Crippen molar-refractivity contribution in [3.8, 4) is 0 Å². The Bertz CT molecular complexity index is 263. The van der Waals surface area contributed by atoms with E-state index < -0.39 is 0 Å². The van der Waals surface area contributed by atoms with E-state index in [0.29, 0.717) is 0 Å². The highest BCUT2D eigenvalue weighted by Gasteiger charge is 2.46. The van der Waals surface area contributed by atoms with Gasteiger partial charge in [-0.05, 0) is 57.0 Å². The van der Waals surface area contributed by atoms with Crippen molar-refractivity contribution in [2.45, 2.75) is 57.0 Å². The van der Waals surface area contributed by atoms with Gasteiger partial charge in [0.05, 0.1) is 0 Å². The van der Waals surface area contributed by atoms with E-state index in [1.54, 1.807) is 6.42 Å². The molecule has 4 aliphatic rings. The van der Waals surface area contributed by atoms with Crippen LogP contribution in [0.1, 0.15) is 44.9 Å². The Morgan fingerprint density at radius 3 is 1.71 bits per heavy atom. The molecule has 0 radical (unpaired) electrons. The van der Waals surface area contributed by atoms with Crippen molar-refractivity contribution in [2.24, 2.45) is 11.8 Å². The minimum atomic E-state index is 0.961. The zero-order valence-electron chi connectivity index (χ0n) is 11.0. The van der Waals surface area contributed by atoms with E-state index in [9.17, 15) is 0 Å². The van der Waals surface area contributed by atoms with Crippen LogP contribution in [0.5, 0.6) is 0 Å². The first kappa shape index (κ1) is 10.8. The molecule has 0 spiro atoms. The van der Waals surface area contributed by atoms with Crippen molar-refractivity contribution < 1.29 is 0 Å². The molecule has 4 aliphatic heterocycles. The largest absolute Gasteiger partial charge is 0.300 e. The molecule has 4 rings (SSSR count). The van der Waals surface area contributed by atoms with E-state index in [0.717, 1.165) is 23.9 Å². The van der Waals surface area contributed by atoms with Crippen LogP contribution >= 0.6 is 0 Å². The molecule has 2 nitrogen and oxygen atoms in total. The van der Waals surface area contributed by atoms with Gasteiger partial charge in [-0.3, -0.25) is 9.80 Å². The highest BCUT2D eigenvalue weighted by atomic mass is 15.3. The third kappa shape index (κ3) is 1.76. The molecule has 2 bridgehead atoms. The van der Waals surface area contributed by atoms with Crippen LogP contribution in [-0.2, 0) is 0 Å². The molecule has 0 amide bonds. The van der Waals surface area contributed by atoms with E-state index in [-0.39, 0.29) is 0 Å². The summed E-state index contributed by atoms with van der Waals surface area (Å²) in [6.07, 6.45) is 10.5. The molecule has 4 fully saturated rings. The third-order valence-electron chi connectivity index (χ3n) is 5.96. The van der Waals surface area contributed by atoms with Gasteiger partial charge in [0.2, 0.25) is 0 Å². The Labute approximate surface area is 105 Å². The molecule has 0 aromatic heterocycles. The van der Waals surface area contributed by atoms with Crippen LogP contribution in [0.25, 0.3) is 0 Å². The van der Waals surface area contributed by atoms with Gasteiger partial charge in [0.25, 0.3) is 0 Å². The van der Waals surface area contributed by atoms with E-state index >= 15 is 0 Å². The lowest BCUT2D eigenvalue weighted by molar-refractivity contribution is -0.0718. The van der Waals surface area contributed by atoms with Crippen molar-refractivity contribution in [1.82, 2.24) is 9.80 Å². The fraction of sp³-hybridized carbons (Fsp3) is 1.00. The Hall–Kier alpha value is -0.0800. The summed E-state index contributed by atoms with van der Waals surface area (Å²) in [5.74, 6) is 2.03. The number of fused-ring (bicyclic) bond motifs is 6. The van der Waals surface area contributed by atoms with Crippen molar-refractivity contribution in [1.29, 1.82) is 0 Å². The highest BCUT2D eigenvalue weighted by Crippen LogP contribution is 2.42. The first-order valence-electron chi connectivity index (χ1n) is 7.90. The molecule has 1 unspecified atom stereocenters. The Morgan fingerprint density at radius 1 is 0.647 bits per heavy atom. The fourth-order valence-electron chi connectivity index (χ4n) is 5.25. The van der Waals surface area contributed by atoms with Gasteiger partial charge in [-0.15, -0.1) is 0 Å². The SMILES string of the molecule is C1CCN2CC3C[C@@H](CN4CCCC[C@@H]34)[C@H]2C1. The lowest BCUT2D eigenvalue weighted by Gasteiger charge is -2.57. The number of piperidine rings is 4. The second-order valence-electron chi connectivity index (χ2n) is 6.87. The second kappa shape index (κ2) is 4.24. The maximum absolute atomic E-state index is 2.87. The number of nitrogens with zero attached hydrogens (tertiary/aromatic N) is 2. The first-order valence-corrected chi connectivity index (χ1v) is 7.90. The summed E-state index contributed by atoms with van der Waals surface area (Å²) in [5.41, 5.74) is 0. The van der Waals surface area contributed by atoms with Crippen LogP contribution < -0.4 is 0 Å². The highest BCUT2D eigenvalue weighted by molar-refractivity contribution is 5.00. The summed E-state index contributed by atoms with van der Waals surface area (Å²) < 4.78 is 0. The van der Waals surface area contributed by atoms with Gasteiger partial charge < -0.3 is 0 Å². The molecule has 2 heteroatoms. The molecule has 17 heavy (non-hydrogen) atoms. The van der Waals surface area contributed by atoms with E-state index in [2.05, 4.69) is 9.80 Å². The molecular formula is C15H26N2. The number of hydrogen-bond donors (Lipinski definition) is 0. The van der Waals surface area contributed by atoms with Crippen LogP contribution in [-0.4, -0.2) is 48.1 Å². The summed E-state index contributed by atoms with van der Waals surface area (Å²) >= 11 is 0. The van der Waals surface area contributed by atoms with Crippen molar-refractivity contribution >= 4 is 0 Å². The molecule has 4 saturated heterocycles. The monoisotopic (exact) mass is 234 g/mol. The maximum Gasteiger partial charge on any atom is 0.0136 e. The van der Waals surface area contributed by atoms with Gasteiger partial charge in [-0.1, -0.05) is 12.8 Å². The molecule has 0 N–H and O–H groups in total. The standard InChI is InChI=1S/C15H26N2/c1-3-7-16-11-13-9-12(14(16)5-1)10-17-8-4-2-6-15(13)17/h12-15H,1-11H2/t12-,13?,14+,15-/m0/s1. The fourth-order valence-corrected chi connectivity index (χ4v) is 5.25. The summed E-state index contributed by atoms with van der Waals surface area (Å²) in [6, 6.07) is 1.92. The van der Waals surface area contributed by atoms with Crippen LogP contribution in [0.2, 0.25) is 0 Å². The normalized spacial score (nSPS) is 47.3. The quantitative estimate of drug-likeness (QED) is 0.635. The first-order chi connectivity index (χ1) is 8.42. The zero-order chi connectivity index (χ0) is 11.2. The molecule has 96 valence electrons. The lowest BCUT2D eigenvalue weighted by Crippen LogP contribution is -2.63. The van der Waals surface area contributed by atoms with Gasteiger partial charge in [0, 0.05) is 25.2 Å². The van der Waals surface area contributed by atoms with Gasteiger partial charge in [-0.25, -0.2) is 0 Å². The third-order valence-corrected chi connectivity index (χ3v) is 5.96. The lowest BCUT2D eigenvalue weighted by atomic mass is 9.71. The van der Waals surface area contributed by atoms with Crippen LogP contribution in [0, 0.1) is 11.8 Å². The predicted octanol–water partition coefficient (Wildman–Crippen LogP) is 2.35. The minimum absolute atomic E-state index is 0.961. The van der Waals surface area contributed by atoms with Gasteiger partial charge in [0.1, 0.15) is 0 Å². The summed E-state index contributed by atoms with van der Waals surface area (Å²) in [7, 11) is 0. The predicted molar refractivity (Wildman–Crippen MR) is 70.0 cm³/mol. The molecule has 4 heterocycles. The average Bonchev–Trinajstić information content (AvgIpc) is 2.39. The number of rotatable bonds is 0. The Kier molecular flexibility index (Phi) is 2.69. The molecule has 4 atom stereocenters. The summed E-state index contributed by atoms with van der Waals surface area (Å²) in [5, 5.41) is 0. The Balaban J connectivity index is 1.56. The molecule has 0 saturated carbocycles. The second-order valence-corrected chi connectivity index (χ2v) is 6.87. The zero-order valence-corrected chi connectivity index (χ0v) is 11.0. The van der Waals surface area contributed by atoms with Gasteiger partial charge in [0.15, 0.2) is 0 Å². The Morgan fingerprint density at radius 2 is 1.18 bits per heavy atom. The van der Waals surface area contributed by atoms with E-state index in [4.69, 9.17) is 0 Å². The van der Waals surface area contributed by atoms with Crippen LogP contribution in [0.3, 0.4) is 0 Å². The molecule has 0 aromatic rings. The summed E-state index contributed by atoms with van der Waals surface area (Å²) in [4.78, 5) is 5.74. The summed E-state index contributed by atoms with van der Waals surface area (Å²) in [6.45, 7) is 5.68. The molecule has 0 aliphatic carbocycles. The van der Waals surface area contributed by atoms with Crippen LogP contribution in [0.15, 0.2) is 0 Å². The van der Waals surface area contributed by atoms with Gasteiger partial charge >= 0.3 is 0 Å². The van der Waals surface area contributed by atoms with E-state index in [1.165, 1.54) is 64.7 Å². The maximum atomic E-state index is 2.87. The van der Waals surface area contributed by atoms with Crippen molar-refractivity contribution in [3.63, 3.8) is 0 Å². The smallest absolute Gasteiger partial charge is 0.0136 e. The van der Waals surface area contributed by atoms with Crippen LogP contribution in [0.4, 0.5) is 0 Å². The number of hydrogen-bond acceptors (Lipinski definition) is 2. The van der Waals surface area contributed by atoms with Crippen molar-refractivity contribution in [3.05, 3.63) is 0 Å². The average molecular weight is 234 g/mol. The van der Waals surface area contributed by atoms with Crippen molar-refractivity contribution in [2.75, 3.05) is 26.2 Å².